The Morgan fingerprint density at radius 2 is 1.90 bits per heavy atom. The van der Waals surface area contributed by atoms with Crippen molar-refractivity contribution < 1.29 is 4.39 Å². The van der Waals surface area contributed by atoms with Crippen molar-refractivity contribution in [3.63, 3.8) is 0 Å². The highest BCUT2D eigenvalue weighted by atomic mass is 79.9. The molecule has 0 bridgehead atoms. The van der Waals surface area contributed by atoms with E-state index in [1.54, 1.807) is 17.8 Å². The van der Waals surface area contributed by atoms with E-state index in [4.69, 9.17) is 0 Å². The second kappa shape index (κ2) is 7.97. The van der Waals surface area contributed by atoms with E-state index in [0.717, 1.165) is 22.3 Å². The van der Waals surface area contributed by atoms with Crippen LogP contribution in [0.25, 0.3) is 0 Å². The lowest BCUT2D eigenvalue weighted by atomic mass is 10.1. The Bertz CT molecular complexity index is 566. The van der Waals surface area contributed by atoms with Gasteiger partial charge in [0.15, 0.2) is 0 Å². The number of hydrogen-bond donors (Lipinski definition) is 1. The summed E-state index contributed by atoms with van der Waals surface area (Å²) in [6.07, 6.45) is 0. The number of thioether (sulfide) groups is 1. The summed E-state index contributed by atoms with van der Waals surface area (Å²) in [4.78, 5) is 1.20. The van der Waals surface area contributed by atoms with Gasteiger partial charge in [0, 0.05) is 21.2 Å². The van der Waals surface area contributed by atoms with Gasteiger partial charge >= 0.3 is 0 Å². The molecule has 2 aromatic rings. The van der Waals surface area contributed by atoms with E-state index in [9.17, 15) is 4.39 Å². The van der Waals surface area contributed by atoms with Gasteiger partial charge in [-0.2, -0.15) is 0 Å². The molecule has 0 aliphatic carbocycles. The topological polar surface area (TPSA) is 12.0 Å². The van der Waals surface area contributed by atoms with Crippen LogP contribution in [0.3, 0.4) is 0 Å². The summed E-state index contributed by atoms with van der Waals surface area (Å²) < 4.78 is 14.1. The average Bonchev–Trinajstić information content (AvgIpc) is 2.45. The summed E-state index contributed by atoms with van der Waals surface area (Å²) in [5.74, 6) is 0.563. The Morgan fingerprint density at radius 1 is 1.19 bits per heavy atom. The van der Waals surface area contributed by atoms with Gasteiger partial charge in [0.05, 0.1) is 0 Å². The SMILES string of the molecule is CCNC(C)c1ccc(SCc2cc(F)cc(Br)c2)cc1. The first-order valence-corrected chi connectivity index (χ1v) is 8.77. The van der Waals surface area contributed by atoms with Crippen molar-refractivity contribution in [2.75, 3.05) is 6.54 Å². The maximum absolute atomic E-state index is 13.3. The molecule has 0 heterocycles. The Labute approximate surface area is 138 Å². The minimum absolute atomic E-state index is 0.199. The van der Waals surface area contributed by atoms with E-state index < -0.39 is 0 Å². The first-order chi connectivity index (χ1) is 10.1. The van der Waals surface area contributed by atoms with Crippen molar-refractivity contribution in [1.82, 2.24) is 5.32 Å². The summed E-state index contributed by atoms with van der Waals surface area (Å²) in [6.45, 7) is 5.24. The van der Waals surface area contributed by atoms with Gasteiger partial charge in [-0.25, -0.2) is 4.39 Å². The average molecular weight is 368 g/mol. The van der Waals surface area contributed by atoms with Crippen LogP contribution in [-0.2, 0) is 5.75 Å². The molecule has 1 nitrogen and oxygen atoms in total. The van der Waals surface area contributed by atoms with E-state index in [1.807, 2.05) is 6.07 Å². The third kappa shape index (κ3) is 5.13. The Kier molecular flexibility index (Phi) is 6.27. The number of halogens is 2. The molecule has 1 unspecified atom stereocenters. The highest BCUT2D eigenvalue weighted by Crippen LogP contribution is 2.26. The summed E-state index contributed by atoms with van der Waals surface area (Å²) in [6, 6.07) is 13.9. The number of hydrogen-bond acceptors (Lipinski definition) is 2. The molecule has 0 saturated carbocycles. The first kappa shape index (κ1) is 16.5. The lowest BCUT2D eigenvalue weighted by Gasteiger charge is -2.13. The second-order valence-corrected chi connectivity index (χ2v) is 6.88. The second-order valence-electron chi connectivity index (χ2n) is 4.91. The highest BCUT2D eigenvalue weighted by Gasteiger charge is 2.04. The lowest BCUT2D eigenvalue weighted by Crippen LogP contribution is -2.17. The van der Waals surface area contributed by atoms with Crippen molar-refractivity contribution >= 4 is 27.7 Å². The van der Waals surface area contributed by atoms with Crippen LogP contribution in [0.1, 0.15) is 31.0 Å². The van der Waals surface area contributed by atoms with E-state index in [2.05, 4.69) is 59.4 Å². The van der Waals surface area contributed by atoms with Gasteiger partial charge in [-0.05, 0) is 54.9 Å². The van der Waals surface area contributed by atoms with E-state index in [-0.39, 0.29) is 5.82 Å². The van der Waals surface area contributed by atoms with Crippen LogP contribution in [-0.4, -0.2) is 6.54 Å². The van der Waals surface area contributed by atoms with Gasteiger partial charge in [0.25, 0.3) is 0 Å². The molecule has 0 aromatic heterocycles. The van der Waals surface area contributed by atoms with Gasteiger partial charge in [-0.1, -0.05) is 35.0 Å². The molecule has 0 spiro atoms. The van der Waals surface area contributed by atoms with Gasteiger partial charge in [-0.3, -0.25) is 0 Å². The number of nitrogens with one attached hydrogen (secondary N) is 1. The molecular weight excluding hydrogens is 349 g/mol. The van der Waals surface area contributed by atoms with Crippen LogP contribution >= 0.6 is 27.7 Å². The van der Waals surface area contributed by atoms with Crippen LogP contribution in [0, 0.1) is 5.82 Å². The highest BCUT2D eigenvalue weighted by molar-refractivity contribution is 9.10. The summed E-state index contributed by atoms with van der Waals surface area (Å²) in [5.41, 5.74) is 2.27. The van der Waals surface area contributed by atoms with E-state index >= 15 is 0 Å². The van der Waals surface area contributed by atoms with Crippen molar-refractivity contribution in [2.45, 2.75) is 30.5 Å². The molecule has 4 heteroatoms. The molecule has 21 heavy (non-hydrogen) atoms. The summed E-state index contributed by atoms with van der Waals surface area (Å²) in [7, 11) is 0. The van der Waals surface area contributed by atoms with Crippen LogP contribution in [0.15, 0.2) is 51.8 Å². The minimum Gasteiger partial charge on any atom is -0.310 e. The van der Waals surface area contributed by atoms with Gasteiger partial charge < -0.3 is 5.32 Å². The normalized spacial score (nSPS) is 12.4. The van der Waals surface area contributed by atoms with Gasteiger partial charge in [0.2, 0.25) is 0 Å². The molecule has 0 aliphatic rings. The molecule has 0 radical (unpaired) electrons. The predicted octanol–water partition coefficient (Wildman–Crippen LogP) is 5.55. The van der Waals surface area contributed by atoms with E-state index in [1.165, 1.54) is 16.5 Å². The third-order valence-electron chi connectivity index (χ3n) is 3.22. The van der Waals surface area contributed by atoms with Gasteiger partial charge in [0.1, 0.15) is 5.82 Å². The third-order valence-corrected chi connectivity index (χ3v) is 4.76. The maximum atomic E-state index is 13.3. The van der Waals surface area contributed by atoms with Gasteiger partial charge in [-0.15, -0.1) is 11.8 Å². The minimum atomic E-state index is -0.199. The Morgan fingerprint density at radius 3 is 2.52 bits per heavy atom. The van der Waals surface area contributed by atoms with Crippen LogP contribution in [0.5, 0.6) is 0 Å². The smallest absolute Gasteiger partial charge is 0.124 e. The Balaban J connectivity index is 1.97. The zero-order valence-corrected chi connectivity index (χ0v) is 14.6. The van der Waals surface area contributed by atoms with Crippen molar-refractivity contribution in [3.05, 3.63) is 63.9 Å². The standard InChI is InChI=1S/C17H19BrFNS/c1-3-20-12(2)14-4-6-17(7-5-14)21-11-13-8-15(18)10-16(19)9-13/h4-10,12,20H,3,11H2,1-2H3. The largest absolute Gasteiger partial charge is 0.310 e. The van der Waals surface area contributed by atoms with Crippen LogP contribution in [0.4, 0.5) is 4.39 Å². The number of rotatable bonds is 6. The predicted molar refractivity (Wildman–Crippen MR) is 92.2 cm³/mol. The van der Waals surface area contributed by atoms with Crippen molar-refractivity contribution in [3.8, 4) is 0 Å². The fourth-order valence-corrected chi connectivity index (χ4v) is 3.48. The molecule has 1 N–H and O–H groups in total. The molecule has 112 valence electrons. The molecule has 0 saturated heterocycles. The fourth-order valence-electron chi connectivity index (χ4n) is 2.14. The van der Waals surface area contributed by atoms with Crippen molar-refractivity contribution in [1.29, 1.82) is 0 Å². The molecule has 2 aromatic carbocycles. The van der Waals surface area contributed by atoms with Crippen LogP contribution in [0.2, 0.25) is 0 Å². The molecular formula is C17H19BrFNS. The molecule has 1 atom stereocenters. The monoisotopic (exact) mass is 367 g/mol. The molecule has 0 aliphatic heterocycles. The first-order valence-electron chi connectivity index (χ1n) is 6.99. The zero-order valence-electron chi connectivity index (χ0n) is 12.2. The fraction of sp³-hybridized carbons (Fsp3) is 0.294. The molecule has 0 fully saturated rings. The summed E-state index contributed by atoms with van der Waals surface area (Å²) >= 11 is 5.04. The summed E-state index contributed by atoms with van der Waals surface area (Å²) in [5, 5.41) is 3.40. The molecule has 2 rings (SSSR count). The zero-order chi connectivity index (χ0) is 15.2. The quantitative estimate of drug-likeness (QED) is 0.671. The Hall–Kier alpha value is -0.840. The van der Waals surface area contributed by atoms with Crippen LogP contribution < -0.4 is 5.32 Å². The maximum Gasteiger partial charge on any atom is 0.124 e. The van der Waals surface area contributed by atoms with E-state index in [0.29, 0.717) is 6.04 Å². The number of benzene rings is 2. The van der Waals surface area contributed by atoms with Crippen molar-refractivity contribution in [2.24, 2.45) is 0 Å². The molecule has 0 amide bonds. The lowest BCUT2D eigenvalue weighted by molar-refractivity contribution is 0.598.